The third-order valence-electron chi connectivity index (χ3n) is 5.98. The fourth-order valence-corrected chi connectivity index (χ4v) is 4.15. The number of benzene rings is 2. The van der Waals surface area contributed by atoms with E-state index in [9.17, 15) is 14.0 Å². The molecule has 7 heteroatoms. The second-order valence-corrected chi connectivity index (χ2v) is 8.15. The Hall–Kier alpha value is -3.74. The van der Waals surface area contributed by atoms with E-state index in [1.165, 1.54) is 19.2 Å². The Bertz CT molecular complexity index is 1150. The molecule has 4 rings (SSSR count). The van der Waals surface area contributed by atoms with Crippen LogP contribution in [0.1, 0.15) is 11.1 Å². The van der Waals surface area contributed by atoms with Gasteiger partial charge >= 0.3 is 0 Å². The summed E-state index contributed by atoms with van der Waals surface area (Å²) in [4.78, 5) is 33.6. The van der Waals surface area contributed by atoms with Gasteiger partial charge in [-0.1, -0.05) is 30.3 Å². The summed E-state index contributed by atoms with van der Waals surface area (Å²) in [5.74, 6) is -0.671. The summed E-state index contributed by atoms with van der Waals surface area (Å²) in [6.45, 7) is 0.906. The standard InChI is InChI=1S/C26H26FN3O3/c1-29-12-13-30(25(31)17-19-6-7-24(33-2)22(27)15-19)23(26(29)32)16-18-4-3-5-21(14-18)20-8-10-28-11-9-20/h3-11,14-15,23H,12-13,16-17H2,1-2H3/t23-/m1/s1. The van der Waals surface area contributed by atoms with Crippen LogP contribution in [0.2, 0.25) is 0 Å². The molecule has 2 heterocycles. The van der Waals surface area contributed by atoms with Crippen LogP contribution in [0, 0.1) is 5.82 Å². The fourth-order valence-electron chi connectivity index (χ4n) is 4.15. The van der Waals surface area contributed by atoms with Gasteiger partial charge in [-0.2, -0.15) is 0 Å². The van der Waals surface area contributed by atoms with E-state index in [0.717, 1.165) is 16.7 Å². The van der Waals surface area contributed by atoms with Crippen LogP contribution in [0.15, 0.2) is 67.0 Å². The molecule has 6 nitrogen and oxygen atoms in total. The number of halogens is 1. The number of carbonyl (C=O) groups excluding carboxylic acids is 2. The van der Waals surface area contributed by atoms with Crippen LogP contribution < -0.4 is 4.74 Å². The predicted octanol–water partition coefficient (Wildman–Crippen LogP) is 3.35. The molecular weight excluding hydrogens is 421 g/mol. The Morgan fingerprint density at radius 3 is 2.58 bits per heavy atom. The minimum absolute atomic E-state index is 0.0193. The molecule has 2 aromatic carbocycles. The first kappa shape index (κ1) is 22.5. The van der Waals surface area contributed by atoms with Crippen molar-refractivity contribution < 1.29 is 18.7 Å². The van der Waals surface area contributed by atoms with E-state index in [0.29, 0.717) is 25.1 Å². The van der Waals surface area contributed by atoms with Crippen LogP contribution in [0.3, 0.4) is 0 Å². The molecule has 1 aliphatic rings. The van der Waals surface area contributed by atoms with Crippen molar-refractivity contribution in [3.63, 3.8) is 0 Å². The molecule has 0 spiro atoms. The number of piperazine rings is 1. The van der Waals surface area contributed by atoms with Crippen molar-refractivity contribution in [1.82, 2.24) is 14.8 Å². The maximum Gasteiger partial charge on any atom is 0.245 e. The lowest BCUT2D eigenvalue weighted by molar-refractivity contribution is -0.149. The number of amides is 2. The van der Waals surface area contributed by atoms with E-state index in [2.05, 4.69) is 4.98 Å². The number of nitrogens with zero attached hydrogens (tertiary/aromatic N) is 3. The van der Waals surface area contributed by atoms with Gasteiger partial charge in [-0.3, -0.25) is 14.6 Å². The van der Waals surface area contributed by atoms with E-state index in [-0.39, 0.29) is 24.0 Å². The second-order valence-electron chi connectivity index (χ2n) is 8.15. The van der Waals surface area contributed by atoms with Crippen LogP contribution in [0.25, 0.3) is 11.1 Å². The highest BCUT2D eigenvalue weighted by Crippen LogP contribution is 2.24. The zero-order valence-corrected chi connectivity index (χ0v) is 18.7. The van der Waals surface area contributed by atoms with Crippen LogP contribution in [0.4, 0.5) is 4.39 Å². The Morgan fingerprint density at radius 1 is 1.06 bits per heavy atom. The van der Waals surface area contributed by atoms with Gasteiger partial charge in [0.05, 0.1) is 13.5 Å². The number of hydrogen-bond donors (Lipinski definition) is 0. The summed E-state index contributed by atoms with van der Waals surface area (Å²) in [6.07, 6.45) is 3.91. The zero-order chi connectivity index (χ0) is 23.4. The minimum Gasteiger partial charge on any atom is -0.494 e. The van der Waals surface area contributed by atoms with Gasteiger partial charge in [0.25, 0.3) is 0 Å². The first-order valence-electron chi connectivity index (χ1n) is 10.8. The van der Waals surface area contributed by atoms with E-state index in [4.69, 9.17) is 4.74 Å². The van der Waals surface area contributed by atoms with Gasteiger partial charge in [0, 0.05) is 39.0 Å². The lowest BCUT2D eigenvalue weighted by atomic mass is 9.97. The molecule has 1 atom stereocenters. The number of ether oxygens (including phenoxy) is 1. The van der Waals surface area contributed by atoms with Crippen molar-refractivity contribution in [2.75, 3.05) is 27.2 Å². The molecule has 0 bridgehead atoms. The molecule has 33 heavy (non-hydrogen) atoms. The largest absolute Gasteiger partial charge is 0.494 e. The molecule has 1 aliphatic heterocycles. The highest BCUT2D eigenvalue weighted by molar-refractivity contribution is 5.89. The molecule has 1 fully saturated rings. The Morgan fingerprint density at radius 2 is 1.85 bits per heavy atom. The van der Waals surface area contributed by atoms with Crippen molar-refractivity contribution in [3.05, 3.63) is 83.9 Å². The Kier molecular flexibility index (Phi) is 6.68. The molecule has 2 amide bonds. The molecule has 0 radical (unpaired) electrons. The molecular formula is C26H26FN3O3. The second kappa shape index (κ2) is 9.81. The summed E-state index contributed by atoms with van der Waals surface area (Å²) < 4.78 is 19.0. The number of methoxy groups -OCH3 is 1. The minimum atomic E-state index is -0.605. The van der Waals surface area contributed by atoms with Crippen LogP contribution in [-0.4, -0.2) is 59.9 Å². The van der Waals surface area contributed by atoms with E-state index >= 15 is 0 Å². The van der Waals surface area contributed by atoms with Crippen molar-refractivity contribution in [2.24, 2.45) is 0 Å². The number of aromatic nitrogens is 1. The van der Waals surface area contributed by atoms with Gasteiger partial charge in [0.15, 0.2) is 11.6 Å². The lowest BCUT2D eigenvalue weighted by Crippen LogP contribution is -2.58. The number of rotatable bonds is 6. The number of likely N-dealkylation sites (N-methyl/N-ethyl adjacent to an activating group) is 1. The summed E-state index contributed by atoms with van der Waals surface area (Å²) in [5.41, 5.74) is 3.57. The van der Waals surface area contributed by atoms with Crippen molar-refractivity contribution >= 4 is 11.8 Å². The van der Waals surface area contributed by atoms with Gasteiger partial charge in [0.2, 0.25) is 11.8 Å². The average Bonchev–Trinajstić information content (AvgIpc) is 2.83. The third-order valence-corrected chi connectivity index (χ3v) is 5.98. The lowest BCUT2D eigenvalue weighted by Gasteiger charge is -2.39. The van der Waals surface area contributed by atoms with Crippen molar-refractivity contribution in [1.29, 1.82) is 0 Å². The monoisotopic (exact) mass is 447 g/mol. The SMILES string of the molecule is COc1ccc(CC(=O)N2CCN(C)C(=O)[C@H]2Cc2cccc(-c3ccncc3)c2)cc1F. The summed E-state index contributed by atoms with van der Waals surface area (Å²) in [7, 11) is 3.15. The number of pyridine rings is 1. The molecule has 3 aromatic rings. The van der Waals surface area contributed by atoms with Gasteiger partial charge in [0.1, 0.15) is 6.04 Å². The average molecular weight is 448 g/mol. The highest BCUT2D eigenvalue weighted by atomic mass is 19.1. The number of carbonyl (C=O) groups is 2. The van der Waals surface area contributed by atoms with Gasteiger partial charge in [-0.05, 0) is 46.5 Å². The normalized spacial score (nSPS) is 16.1. The molecule has 0 N–H and O–H groups in total. The van der Waals surface area contributed by atoms with Crippen LogP contribution >= 0.6 is 0 Å². The molecule has 170 valence electrons. The molecule has 1 aromatic heterocycles. The van der Waals surface area contributed by atoms with Crippen LogP contribution in [0.5, 0.6) is 5.75 Å². The molecule has 0 saturated carbocycles. The Balaban J connectivity index is 1.55. The smallest absolute Gasteiger partial charge is 0.245 e. The quantitative estimate of drug-likeness (QED) is 0.582. The van der Waals surface area contributed by atoms with E-state index in [1.54, 1.807) is 35.3 Å². The maximum atomic E-state index is 14.1. The third kappa shape index (κ3) is 5.03. The number of hydrogen-bond acceptors (Lipinski definition) is 4. The summed E-state index contributed by atoms with van der Waals surface area (Å²) in [6, 6.07) is 15.7. The summed E-state index contributed by atoms with van der Waals surface area (Å²) in [5, 5.41) is 0. The zero-order valence-electron chi connectivity index (χ0n) is 18.7. The van der Waals surface area contributed by atoms with Crippen molar-refractivity contribution in [3.8, 4) is 16.9 Å². The molecule has 0 unspecified atom stereocenters. The van der Waals surface area contributed by atoms with Gasteiger partial charge in [-0.25, -0.2) is 4.39 Å². The maximum absolute atomic E-state index is 14.1. The van der Waals surface area contributed by atoms with Gasteiger partial charge in [-0.15, -0.1) is 0 Å². The highest BCUT2D eigenvalue weighted by Gasteiger charge is 2.35. The Labute approximate surface area is 192 Å². The topological polar surface area (TPSA) is 62.7 Å². The molecule has 1 saturated heterocycles. The van der Waals surface area contributed by atoms with Gasteiger partial charge < -0.3 is 14.5 Å². The predicted molar refractivity (Wildman–Crippen MR) is 123 cm³/mol. The molecule has 0 aliphatic carbocycles. The van der Waals surface area contributed by atoms with E-state index < -0.39 is 11.9 Å². The fraction of sp³-hybridized carbons (Fsp3) is 0.269. The van der Waals surface area contributed by atoms with E-state index in [1.807, 2.05) is 36.4 Å². The van der Waals surface area contributed by atoms with Crippen molar-refractivity contribution in [2.45, 2.75) is 18.9 Å². The van der Waals surface area contributed by atoms with Crippen LogP contribution in [-0.2, 0) is 22.4 Å². The summed E-state index contributed by atoms with van der Waals surface area (Å²) >= 11 is 0. The first-order valence-corrected chi connectivity index (χ1v) is 10.8. The first-order chi connectivity index (χ1) is 16.0.